The van der Waals surface area contributed by atoms with Gasteiger partial charge in [-0.2, -0.15) is 0 Å². The number of likely N-dealkylation sites (tertiary alicyclic amines) is 1. The average molecular weight is 414 g/mol. The van der Waals surface area contributed by atoms with E-state index >= 15 is 0 Å². The summed E-state index contributed by atoms with van der Waals surface area (Å²) < 4.78 is 18.9. The van der Waals surface area contributed by atoms with Crippen molar-refractivity contribution in [2.45, 2.75) is 45.5 Å². The van der Waals surface area contributed by atoms with E-state index in [-0.39, 0.29) is 12.4 Å². The molecule has 0 radical (unpaired) electrons. The van der Waals surface area contributed by atoms with Gasteiger partial charge in [-0.1, -0.05) is 12.1 Å². The summed E-state index contributed by atoms with van der Waals surface area (Å²) in [6, 6.07) is 11.5. The van der Waals surface area contributed by atoms with Crippen LogP contribution in [0, 0.1) is 5.82 Å². The number of aliphatic imine (C=N–C) groups is 1. The summed E-state index contributed by atoms with van der Waals surface area (Å²) in [5.41, 5.74) is 2.64. The second-order valence-electron chi connectivity index (χ2n) is 7.57. The van der Waals surface area contributed by atoms with Crippen LogP contribution in [0.15, 0.2) is 47.6 Å². The minimum atomic E-state index is -0.243. The third-order valence-corrected chi connectivity index (χ3v) is 5.21. The van der Waals surface area contributed by atoms with Crippen LogP contribution < -0.4 is 10.6 Å². The minimum absolute atomic E-state index is 0.243. The van der Waals surface area contributed by atoms with E-state index in [1.54, 1.807) is 13.2 Å². The molecule has 1 fully saturated rings. The molecule has 0 unspecified atom stereocenters. The molecule has 2 aromatic rings. The molecule has 1 aliphatic heterocycles. The van der Waals surface area contributed by atoms with Crippen molar-refractivity contribution < 1.29 is 9.13 Å². The summed E-state index contributed by atoms with van der Waals surface area (Å²) in [6.45, 7) is 6.57. The summed E-state index contributed by atoms with van der Waals surface area (Å²) in [5, 5.41) is 6.88. The van der Waals surface area contributed by atoms with Gasteiger partial charge in [-0.15, -0.1) is 0 Å². The van der Waals surface area contributed by atoms with Crippen molar-refractivity contribution in [1.82, 2.24) is 20.5 Å². The Morgan fingerprint density at radius 3 is 2.80 bits per heavy atom. The molecular weight excluding hydrogens is 381 g/mol. The molecule has 2 N–H and O–H groups in total. The lowest BCUT2D eigenvalue weighted by molar-refractivity contribution is 0.181. The van der Waals surface area contributed by atoms with Gasteiger partial charge in [-0.05, 0) is 49.6 Å². The first kappa shape index (κ1) is 22.2. The molecule has 1 aliphatic rings. The van der Waals surface area contributed by atoms with Crippen LogP contribution in [-0.2, 0) is 24.4 Å². The van der Waals surface area contributed by atoms with Crippen LogP contribution in [0.1, 0.15) is 36.6 Å². The Morgan fingerprint density at radius 1 is 1.27 bits per heavy atom. The molecule has 1 saturated heterocycles. The first-order valence-corrected chi connectivity index (χ1v) is 10.6. The highest BCUT2D eigenvalue weighted by Crippen LogP contribution is 2.14. The monoisotopic (exact) mass is 413 g/mol. The molecule has 0 amide bonds. The molecule has 1 aromatic heterocycles. The van der Waals surface area contributed by atoms with Crippen molar-refractivity contribution in [3.05, 3.63) is 65.2 Å². The molecule has 0 aliphatic carbocycles. The van der Waals surface area contributed by atoms with Crippen molar-refractivity contribution in [3.8, 4) is 0 Å². The van der Waals surface area contributed by atoms with E-state index in [1.807, 2.05) is 24.4 Å². The Labute approximate surface area is 178 Å². The van der Waals surface area contributed by atoms with Gasteiger partial charge >= 0.3 is 0 Å². The highest BCUT2D eigenvalue weighted by Gasteiger charge is 2.20. The van der Waals surface area contributed by atoms with Crippen LogP contribution in [0.3, 0.4) is 0 Å². The summed E-state index contributed by atoms with van der Waals surface area (Å²) in [7, 11) is 1.57. The van der Waals surface area contributed by atoms with E-state index in [1.165, 1.54) is 6.07 Å². The number of hydrogen-bond acceptors (Lipinski definition) is 4. The van der Waals surface area contributed by atoms with Crippen molar-refractivity contribution >= 4 is 5.96 Å². The van der Waals surface area contributed by atoms with Gasteiger partial charge < -0.3 is 15.4 Å². The van der Waals surface area contributed by atoms with Crippen molar-refractivity contribution in [1.29, 1.82) is 0 Å². The molecular formula is C23H32FN5O. The van der Waals surface area contributed by atoms with Gasteiger partial charge in [0, 0.05) is 51.1 Å². The lowest BCUT2D eigenvalue weighted by atomic mass is 10.0. The number of piperidine rings is 1. The number of pyridine rings is 1. The second-order valence-corrected chi connectivity index (χ2v) is 7.57. The van der Waals surface area contributed by atoms with Crippen LogP contribution >= 0.6 is 0 Å². The molecule has 0 spiro atoms. The molecule has 162 valence electrons. The largest absolute Gasteiger partial charge is 0.380 e. The first-order chi connectivity index (χ1) is 14.7. The molecule has 0 bridgehead atoms. The number of benzene rings is 1. The van der Waals surface area contributed by atoms with Crippen LogP contribution in [-0.4, -0.2) is 48.6 Å². The number of ether oxygens (including phenoxy) is 1. The second kappa shape index (κ2) is 11.6. The summed E-state index contributed by atoms with van der Waals surface area (Å²) >= 11 is 0. The van der Waals surface area contributed by atoms with Crippen molar-refractivity contribution in [2.75, 3.05) is 26.7 Å². The van der Waals surface area contributed by atoms with E-state index in [4.69, 9.17) is 9.73 Å². The van der Waals surface area contributed by atoms with E-state index in [9.17, 15) is 4.39 Å². The zero-order chi connectivity index (χ0) is 21.2. The number of aromatic nitrogens is 1. The Morgan fingerprint density at radius 2 is 2.10 bits per heavy atom. The fraction of sp³-hybridized carbons (Fsp3) is 0.478. The standard InChI is InChI=1S/C23H32FN5O/c1-3-25-23(27-15-18-7-8-22(24)19(14-18)17-30-2)28-20-9-12-29(13-10-20)16-21-6-4-5-11-26-21/h4-8,11,14,20H,3,9-10,12-13,15-17H2,1-2H3,(H2,25,27,28). The maximum absolute atomic E-state index is 13.8. The Kier molecular flexibility index (Phi) is 8.59. The first-order valence-electron chi connectivity index (χ1n) is 10.6. The van der Waals surface area contributed by atoms with E-state index < -0.39 is 0 Å². The Hall–Kier alpha value is -2.51. The van der Waals surface area contributed by atoms with Crippen LogP contribution in [0.25, 0.3) is 0 Å². The summed E-state index contributed by atoms with van der Waals surface area (Å²) in [4.78, 5) is 11.6. The minimum Gasteiger partial charge on any atom is -0.380 e. The fourth-order valence-electron chi connectivity index (χ4n) is 3.63. The number of halogens is 1. The highest BCUT2D eigenvalue weighted by molar-refractivity contribution is 5.80. The van der Waals surface area contributed by atoms with Gasteiger partial charge in [0.05, 0.1) is 18.8 Å². The van der Waals surface area contributed by atoms with Gasteiger partial charge in [0.1, 0.15) is 5.82 Å². The molecule has 2 heterocycles. The molecule has 1 aromatic carbocycles. The van der Waals surface area contributed by atoms with Gasteiger partial charge in [0.2, 0.25) is 0 Å². The lowest BCUT2D eigenvalue weighted by Gasteiger charge is -2.32. The van der Waals surface area contributed by atoms with Crippen LogP contribution in [0.4, 0.5) is 4.39 Å². The van der Waals surface area contributed by atoms with Gasteiger partial charge in [0.15, 0.2) is 5.96 Å². The van der Waals surface area contributed by atoms with E-state index in [0.29, 0.717) is 18.2 Å². The van der Waals surface area contributed by atoms with Crippen LogP contribution in [0.2, 0.25) is 0 Å². The number of hydrogen-bond donors (Lipinski definition) is 2. The topological polar surface area (TPSA) is 61.8 Å². The average Bonchev–Trinajstić information content (AvgIpc) is 2.76. The number of rotatable bonds is 8. The predicted molar refractivity (Wildman–Crippen MR) is 118 cm³/mol. The highest BCUT2D eigenvalue weighted by atomic mass is 19.1. The Balaban J connectivity index is 1.52. The van der Waals surface area contributed by atoms with E-state index in [0.717, 1.165) is 56.2 Å². The van der Waals surface area contributed by atoms with Gasteiger partial charge in [-0.25, -0.2) is 9.38 Å². The normalized spacial score (nSPS) is 15.9. The molecule has 7 heteroatoms. The molecule has 3 rings (SSSR count). The summed E-state index contributed by atoms with van der Waals surface area (Å²) in [6.07, 6.45) is 3.97. The fourth-order valence-corrected chi connectivity index (χ4v) is 3.63. The SMILES string of the molecule is CCNC(=NCc1ccc(F)c(COC)c1)NC1CCN(Cc2ccccn2)CC1. The van der Waals surface area contributed by atoms with Gasteiger partial charge in [0.25, 0.3) is 0 Å². The Bertz CT molecular complexity index is 806. The van der Waals surface area contributed by atoms with Crippen molar-refractivity contribution in [3.63, 3.8) is 0 Å². The zero-order valence-corrected chi connectivity index (χ0v) is 17.9. The molecule has 30 heavy (non-hydrogen) atoms. The number of nitrogens with one attached hydrogen (secondary N) is 2. The maximum Gasteiger partial charge on any atom is 0.191 e. The smallest absolute Gasteiger partial charge is 0.191 e. The molecule has 6 nitrogen and oxygen atoms in total. The zero-order valence-electron chi connectivity index (χ0n) is 17.9. The maximum atomic E-state index is 13.8. The van der Waals surface area contributed by atoms with Crippen LogP contribution in [0.5, 0.6) is 0 Å². The summed E-state index contributed by atoms with van der Waals surface area (Å²) in [5.74, 6) is 0.561. The lowest BCUT2D eigenvalue weighted by Crippen LogP contribution is -2.48. The molecule has 0 atom stereocenters. The van der Waals surface area contributed by atoms with Crippen molar-refractivity contribution in [2.24, 2.45) is 4.99 Å². The number of nitrogens with zero attached hydrogens (tertiary/aromatic N) is 3. The third-order valence-electron chi connectivity index (χ3n) is 5.21. The van der Waals surface area contributed by atoms with E-state index in [2.05, 4.69) is 33.5 Å². The molecule has 0 saturated carbocycles. The quantitative estimate of drug-likeness (QED) is 0.514. The predicted octanol–water partition coefficient (Wildman–Crippen LogP) is 3.09. The third kappa shape index (κ3) is 6.78. The van der Waals surface area contributed by atoms with Gasteiger partial charge in [-0.3, -0.25) is 9.88 Å². The number of methoxy groups -OCH3 is 1. The number of guanidine groups is 1.